The molecular formula is C18H33N3. The molecule has 21 heavy (non-hydrogen) atoms. The highest BCUT2D eigenvalue weighted by atomic mass is 15.1. The summed E-state index contributed by atoms with van der Waals surface area (Å²) in [6.07, 6.45) is 14.0. The molecule has 1 aliphatic rings. The van der Waals surface area contributed by atoms with E-state index >= 15 is 0 Å². The number of rotatable bonds is 8. The van der Waals surface area contributed by atoms with Gasteiger partial charge in [-0.15, -0.1) is 0 Å². The van der Waals surface area contributed by atoms with Crippen molar-refractivity contribution in [1.82, 2.24) is 9.55 Å². The van der Waals surface area contributed by atoms with Gasteiger partial charge in [0.1, 0.15) is 11.6 Å². The number of anilines is 1. The second-order valence-corrected chi connectivity index (χ2v) is 6.60. The lowest BCUT2D eigenvalue weighted by atomic mass is 9.88. The number of hydrogen-bond acceptors (Lipinski definition) is 2. The Balaban J connectivity index is 2.10. The van der Waals surface area contributed by atoms with Crippen molar-refractivity contribution in [1.29, 1.82) is 0 Å². The largest absolute Gasteiger partial charge is 0.384 e. The highest BCUT2D eigenvalue weighted by molar-refractivity contribution is 5.39. The molecule has 0 aliphatic heterocycles. The van der Waals surface area contributed by atoms with Crippen molar-refractivity contribution in [2.24, 2.45) is 0 Å². The van der Waals surface area contributed by atoms with Crippen molar-refractivity contribution >= 4 is 5.82 Å². The monoisotopic (exact) mass is 291 g/mol. The molecule has 1 aromatic heterocycles. The van der Waals surface area contributed by atoms with Crippen LogP contribution >= 0.6 is 0 Å². The molecule has 0 atom stereocenters. The summed E-state index contributed by atoms with van der Waals surface area (Å²) in [6, 6.07) is 0. The standard InChI is InChI=1S/C18H33N3/c1-3-5-6-10-13-16-17(19)21(14-4-2)18(20-16)15-11-8-7-9-12-15/h15H,3-14,19H2,1-2H3. The van der Waals surface area contributed by atoms with Crippen LogP contribution in [0.4, 0.5) is 5.82 Å². The zero-order chi connectivity index (χ0) is 15.1. The number of imidazole rings is 1. The summed E-state index contributed by atoms with van der Waals surface area (Å²) in [5.41, 5.74) is 7.58. The summed E-state index contributed by atoms with van der Waals surface area (Å²) in [7, 11) is 0. The zero-order valence-electron chi connectivity index (χ0n) is 14.0. The van der Waals surface area contributed by atoms with Gasteiger partial charge in [-0.2, -0.15) is 0 Å². The highest BCUT2D eigenvalue weighted by Crippen LogP contribution is 2.34. The molecule has 0 amide bonds. The van der Waals surface area contributed by atoms with Crippen LogP contribution in [0.1, 0.15) is 95.5 Å². The van der Waals surface area contributed by atoms with E-state index in [1.165, 1.54) is 69.3 Å². The molecule has 1 saturated carbocycles. The fraction of sp³-hybridized carbons (Fsp3) is 0.833. The third-order valence-corrected chi connectivity index (χ3v) is 4.80. The van der Waals surface area contributed by atoms with Gasteiger partial charge in [-0.3, -0.25) is 0 Å². The molecule has 0 bridgehead atoms. The van der Waals surface area contributed by atoms with Crippen LogP contribution in [0.15, 0.2) is 0 Å². The minimum atomic E-state index is 0.650. The van der Waals surface area contributed by atoms with Gasteiger partial charge >= 0.3 is 0 Å². The zero-order valence-corrected chi connectivity index (χ0v) is 14.0. The van der Waals surface area contributed by atoms with Gasteiger partial charge < -0.3 is 10.3 Å². The van der Waals surface area contributed by atoms with E-state index in [1.54, 1.807) is 0 Å². The Morgan fingerprint density at radius 3 is 2.48 bits per heavy atom. The Bertz CT molecular complexity index is 416. The number of nitrogens with zero attached hydrogens (tertiary/aromatic N) is 2. The van der Waals surface area contributed by atoms with Crippen LogP contribution in [0.2, 0.25) is 0 Å². The molecule has 0 unspecified atom stereocenters. The number of hydrogen-bond donors (Lipinski definition) is 1. The van der Waals surface area contributed by atoms with Crippen LogP contribution in [-0.2, 0) is 13.0 Å². The molecule has 3 heteroatoms. The fourth-order valence-corrected chi connectivity index (χ4v) is 3.57. The molecule has 1 aromatic rings. The summed E-state index contributed by atoms with van der Waals surface area (Å²) >= 11 is 0. The molecule has 0 spiro atoms. The highest BCUT2D eigenvalue weighted by Gasteiger charge is 2.23. The molecule has 2 N–H and O–H groups in total. The van der Waals surface area contributed by atoms with E-state index in [9.17, 15) is 0 Å². The number of nitrogens with two attached hydrogens (primary N) is 1. The average Bonchev–Trinajstić information content (AvgIpc) is 2.82. The van der Waals surface area contributed by atoms with Gasteiger partial charge in [-0.05, 0) is 32.1 Å². The maximum Gasteiger partial charge on any atom is 0.126 e. The summed E-state index contributed by atoms with van der Waals surface area (Å²) in [5, 5.41) is 0. The topological polar surface area (TPSA) is 43.8 Å². The Labute approximate surface area is 130 Å². The Morgan fingerprint density at radius 2 is 1.81 bits per heavy atom. The van der Waals surface area contributed by atoms with Gasteiger partial charge in [-0.25, -0.2) is 4.98 Å². The Kier molecular flexibility index (Phi) is 6.59. The van der Waals surface area contributed by atoms with E-state index in [4.69, 9.17) is 10.7 Å². The first kappa shape index (κ1) is 16.4. The van der Waals surface area contributed by atoms with Gasteiger partial charge in [0.25, 0.3) is 0 Å². The first-order valence-corrected chi connectivity index (χ1v) is 9.12. The maximum atomic E-state index is 6.41. The van der Waals surface area contributed by atoms with Gasteiger partial charge in [-0.1, -0.05) is 52.4 Å². The molecular weight excluding hydrogens is 258 g/mol. The lowest BCUT2D eigenvalue weighted by Gasteiger charge is -2.22. The molecule has 1 aliphatic carbocycles. The van der Waals surface area contributed by atoms with E-state index in [1.807, 2.05) is 0 Å². The molecule has 3 nitrogen and oxygen atoms in total. The number of unbranched alkanes of at least 4 members (excludes halogenated alkanes) is 3. The SMILES string of the molecule is CCCCCCc1nc(C2CCCCC2)n(CCC)c1N. The third kappa shape index (κ3) is 4.24. The minimum Gasteiger partial charge on any atom is -0.384 e. The Hall–Kier alpha value is -0.990. The van der Waals surface area contributed by atoms with Gasteiger partial charge in [0.05, 0.1) is 5.69 Å². The van der Waals surface area contributed by atoms with Crippen molar-refractivity contribution in [2.75, 3.05) is 5.73 Å². The average molecular weight is 291 g/mol. The van der Waals surface area contributed by atoms with Gasteiger partial charge in [0, 0.05) is 12.5 Å². The van der Waals surface area contributed by atoms with Crippen LogP contribution in [0.5, 0.6) is 0 Å². The van der Waals surface area contributed by atoms with Crippen LogP contribution < -0.4 is 5.73 Å². The number of aryl methyl sites for hydroxylation is 1. The van der Waals surface area contributed by atoms with Crippen molar-refractivity contribution in [3.05, 3.63) is 11.5 Å². The maximum absolute atomic E-state index is 6.41. The van der Waals surface area contributed by atoms with E-state index in [2.05, 4.69) is 18.4 Å². The number of aromatic nitrogens is 2. The van der Waals surface area contributed by atoms with Crippen molar-refractivity contribution in [2.45, 2.75) is 96.9 Å². The van der Waals surface area contributed by atoms with Gasteiger partial charge in [0.15, 0.2) is 0 Å². The second-order valence-electron chi connectivity index (χ2n) is 6.60. The summed E-state index contributed by atoms with van der Waals surface area (Å²) < 4.78 is 2.32. The van der Waals surface area contributed by atoms with Crippen LogP contribution in [0, 0.1) is 0 Å². The minimum absolute atomic E-state index is 0.650. The first-order chi connectivity index (χ1) is 10.3. The molecule has 1 heterocycles. The van der Waals surface area contributed by atoms with Crippen molar-refractivity contribution in [3.63, 3.8) is 0 Å². The van der Waals surface area contributed by atoms with Crippen molar-refractivity contribution in [3.8, 4) is 0 Å². The predicted molar refractivity (Wildman–Crippen MR) is 90.6 cm³/mol. The Morgan fingerprint density at radius 1 is 1.05 bits per heavy atom. The number of nitrogen functional groups attached to an aromatic ring is 1. The first-order valence-electron chi connectivity index (χ1n) is 9.12. The van der Waals surface area contributed by atoms with Crippen molar-refractivity contribution < 1.29 is 0 Å². The molecule has 1 fully saturated rings. The summed E-state index contributed by atoms with van der Waals surface area (Å²) in [6.45, 7) is 5.51. The normalized spacial score (nSPS) is 16.5. The lowest BCUT2D eigenvalue weighted by Crippen LogP contribution is -2.13. The quantitative estimate of drug-likeness (QED) is 0.681. The van der Waals surface area contributed by atoms with E-state index in [-0.39, 0.29) is 0 Å². The van der Waals surface area contributed by atoms with E-state index in [0.717, 1.165) is 25.2 Å². The smallest absolute Gasteiger partial charge is 0.126 e. The van der Waals surface area contributed by atoms with Crippen LogP contribution in [0.25, 0.3) is 0 Å². The summed E-state index contributed by atoms with van der Waals surface area (Å²) in [4.78, 5) is 4.99. The van der Waals surface area contributed by atoms with Crippen LogP contribution in [0.3, 0.4) is 0 Å². The molecule has 2 rings (SSSR count). The summed E-state index contributed by atoms with van der Waals surface area (Å²) in [5.74, 6) is 2.89. The van der Waals surface area contributed by atoms with E-state index in [0.29, 0.717) is 5.92 Å². The van der Waals surface area contributed by atoms with E-state index < -0.39 is 0 Å². The molecule has 0 aromatic carbocycles. The molecule has 0 saturated heterocycles. The third-order valence-electron chi connectivity index (χ3n) is 4.80. The molecule has 0 radical (unpaired) electrons. The lowest BCUT2D eigenvalue weighted by molar-refractivity contribution is 0.415. The molecule has 120 valence electrons. The fourth-order valence-electron chi connectivity index (χ4n) is 3.57. The van der Waals surface area contributed by atoms with Gasteiger partial charge in [0.2, 0.25) is 0 Å². The predicted octanol–water partition coefficient (Wildman–Crippen LogP) is 5.05. The second kappa shape index (κ2) is 8.45. The van der Waals surface area contributed by atoms with Crippen LogP contribution in [-0.4, -0.2) is 9.55 Å².